The number of aromatic nitrogens is 4. The van der Waals surface area contributed by atoms with E-state index < -0.39 is 13.0 Å². The van der Waals surface area contributed by atoms with Gasteiger partial charge in [0.1, 0.15) is 23.7 Å². The maximum absolute atomic E-state index is 12.6. The number of nitrogens with zero attached hydrogens (tertiary/aromatic N) is 4. The Hall–Kier alpha value is -3.88. The molecule has 32 heavy (non-hydrogen) atoms. The first kappa shape index (κ1) is 21.4. The zero-order valence-electron chi connectivity index (χ0n) is 17.7. The second-order valence-corrected chi connectivity index (χ2v) is 7.04. The van der Waals surface area contributed by atoms with Crippen molar-refractivity contribution >= 4 is 5.69 Å². The van der Waals surface area contributed by atoms with Gasteiger partial charge in [-0.05, 0) is 30.3 Å². The Labute approximate surface area is 184 Å². The average Bonchev–Trinajstić information content (AvgIpc) is 3.44. The number of rotatable bonds is 9. The van der Waals surface area contributed by atoms with Crippen LogP contribution < -0.4 is 14.8 Å². The molecule has 2 heterocycles. The van der Waals surface area contributed by atoms with Gasteiger partial charge in [-0.2, -0.15) is 10.2 Å². The molecule has 7 nitrogen and oxygen atoms in total. The summed E-state index contributed by atoms with van der Waals surface area (Å²) in [6.07, 6.45) is 2.55. The zero-order chi connectivity index (χ0) is 22.5. The lowest BCUT2D eigenvalue weighted by atomic mass is 10.1. The van der Waals surface area contributed by atoms with E-state index in [1.807, 2.05) is 54.7 Å². The Morgan fingerprint density at radius 3 is 2.56 bits per heavy atom. The Kier molecular flexibility index (Phi) is 6.34. The minimum atomic E-state index is -2.46. The number of benzene rings is 2. The molecule has 1 N–H and O–H groups in total. The topological polar surface area (TPSA) is 66.1 Å². The monoisotopic (exact) mass is 439 g/mol. The normalized spacial score (nSPS) is 11.0. The number of anilines is 1. The summed E-state index contributed by atoms with van der Waals surface area (Å²) in [7, 11) is 3.21. The molecule has 166 valence electrons. The van der Waals surface area contributed by atoms with E-state index in [1.165, 1.54) is 10.9 Å². The maximum Gasteiger partial charge on any atom is 0.257 e. The Morgan fingerprint density at radius 1 is 1.03 bits per heavy atom. The summed E-state index contributed by atoms with van der Waals surface area (Å²) in [4.78, 5) is 0. The van der Waals surface area contributed by atoms with Gasteiger partial charge in [0.05, 0.1) is 31.8 Å². The quantitative estimate of drug-likeness (QED) is 0.412. The van der Waals surface area contributed by atoms with Crippen LogP contribution in [0.2, 0.25) is 0 Å². The Morgan fingerprint density at radius 2 is 1.84 bits per heavy atom. The highest BCUT2D eigenvalue weighted by Crippen LogP contribution is 2.35. The largest absolute Gasteiger partial charge is 0.497 e. The molecule has 0 radical (unpaired) electrons. The summed E-state index contributed by atoms with van der Waals surface area (Å²) in [6.45, 7) is -0.0389. The van der Waals surface area contributed by atoms with E-state index in [9.17, 15) is 8.78 Å². The summed E-state index contributed by atoms with van der Waals surface area (Å²) in [6, 6.07) is 15.3. The molecule has 0 saturated heterocycles. The molecular weight excluding hydrogens is 416 g/mol. The van der Waals surface area contributed by atoms with Crippen LogP contribution >= 0.6 is 0 Å². The molecule has 9 heteroatoms. The van der Waals surface area contributed by atoms with Gasteiger partial charge in [0, 0.05) is 30.1 Å². The molecule has 0 spiro atoms. The van der Waals surface area contributed by atoms with Crippen LogP contribution in [0.15, 0.2) is 67.1 Å². The lowest BCUT2D eigenvalue weighted by Crippen LogP contribution is -2.06. The predicted octanol–water partition coefficient (Wildman–Crippen LogP) is 4.63. The van der Waals surface area contributed by atoms with Gasteiger partial charge in [0.15, 0.2) is 0 Å². The van der Waals surface area contributed by atoms with Crippen LogP contribution in [0.1, 0.15) is 5.56 Å². The van der Waals surface area contributed by atoms with Gasteiger partial charge in [-0.25, -0.2) is 13.5 Å². The van der Waals surface area contributed by atoms with Gasteiger partial charge in [0.2, 0.25) is 0 Å². The fourth-order valence-electron chi connectivity index (χ4n) is 3.37. The molecule has 0 aliphatic rings. The highest BCUT2D eigenvalue weighted by molar-refractivity contribution is 5.72. The van der Waals surface area contributed by atoms with Crippen LogP contribution in [0, 0.1) is 0 Å². The van der Waals surface area contributed by atoms with E-state index in [1.54, 1.807) is 25.1 Å². The number of methoxy groups -OCH3 is 2. The summed E-state index contributed by atoms with van der Waals surface area (Å²) < 4.78 is 39.2. The van der Waals surface area contributed by atoms with Gasteiger partial charge in [-0.15, -0.1) is 0 Å². The molecule has 0 fully saturated rings. The molecule has 0 aliphatic carbocycles. The van der Waals surface area contributed by atoms with E-state index in [4.69, 9.17) is 14.6 Å². The van der Waals surface area contributed by atoms with E-state index in [-0.39, 0.29) is 0 Å². The number of hydrogen-bond acceptors (Lipinski definition) is 5. The van der Waals surface area contributed by atoms with Crippen molar-refractivity contribution in [2.45, 2.75) is 19.5 Å². The van der Waals surface area contributed by atoms with Gasteiger partial charge >= 0.3 is 0 Å². The molecule has 0 aliphatic heterocycles. The van der Waals surface area contributed by atoms with Crippen molar-refractivity contribution in [2.75, 3.05) is 19.5 Å². The SMILES string of the molecule is COc1ccc(OC)c(-c2nn(-c3ccccc3)cc2CNc2cnn(CC(F)F)c2)c1. The van der Waals surface area contributed by atoms with Crippen molar-refractivity contribution < 1.29 is 18.3 Å². The average molecular weight is 439 g/mol. The van der Waals surface area contributed by atoms with Crippen molar-refractivity contribution in [1.82, 2.24) is 19.6 Å². The van der Waals surface area contributed by atoms with E-state index >= 15 is 0 Å². The van der Waals surface area contributed by atoms with Crippen molar-refractivity contribution in [2.24, 2.45) is 0 Å². The van der Waals surface area contributed by atoms with E-state index in [0.29, 0.717) is 23.7 Å². The first-order valence-corrected chi connectivity index (χ1v) is 9.98. The number of para-hydroxylation sites is 1. The number of hydrogen-bond donors (Lipinski definition) is 1. The maximum atomic E-state index is 12.6. The predicted molar refractivity (Wildman–Crippen MR) is 118 cm³/mol. The molecule has 0 bridgehead atoms. The summed E-state index contributed by atoms with van der Waals surface area (Å²) in [5.74, 6) is 1.34. The highest BCUT2D eigenvalue weighted by atomic mass is 19.3. The molecule has 0 atom stereocenters. The third-order valence-corrected chi connectivity index (χ3v) is 4.91. The lowest BCUT2D eigenvalue weighted by molar-refractivity contribution is 0.122. The van der Waals surface area contributed by atoms with Crippen LogP contribution in [0.5, 0.6) is 11.5 Å². The smallest absolute Gasteiger partial charge is 0.257 e. The van der Waals surface area contributed by atoms with Crippen molar-refractivity contribution in [3.8, 4) is 28.4 Å². The molecule has 0 unspecified atom stereocenters. The number of ether oxygens (including phenoxy) is 2. The van der Waals surface area contributed by atoms with Crippen LogP contribution in [0.25, 0.3) is 16.9 Å². The van der Waals surface area contributed by atoms with Gasteiger partial charge < -0.3 is 14.8 Å². The van der Waals surface area contributed by atoms with Crippen molar-refractivity contribution in [1.29, 1.82) is 0 Å². The van der Waals surface area contributed by atoms with Crippen LogP contribution in [-0.2, 0) is 13.1 Å². The van der Waals surface area contributed by atoms with E-state index in [0.717, 1.165) is 22.5 Å². The summed E-state index contributed by atoms with van der Waals surface area (Å²) >= 11 is 0. The first-order chi connectivity index (χ1) is 15.6. The third-order valence-electron chi connectivity index (χ3n) is 4.91. The molecular formula is C23H23F2N5O2. The second kappa shape index (κ2) is 9.51. The molecule has 4 rings (SSSR count). The third kappa shape index (κ3) is 4.72. The Bertz CT molecular complexity index is 1170. The number of nitrogens with one attached hydrogen (secondary N) is 1. The highest BCUT2D eigenvalue weighted by Gasteiger charge is 2.17. The molecule has 4 aromatic rings. The fraction of sp³-hybridized carbons (Fsp3) is 0.217. The first-order valence-electron chi connectivity index (χ1n) is 9.98. The second-order valence-electron chi connectivity index (χ2n) is 7.04. The minimum absolute atomic E-state index is 0.406. The standard InChI is InChI=1S/C23H23F2N5O2/c1-31-19-8-9-21(32-2)20(10-19)23-16(13-30(28-23)18-6-4-3-5-7-18)11-26-17-12-27-29(14-17)15-22(24)25/h3-10,12-14,22,26H,11,15H2,1-2H3. The Balaban J connectivity index is 1.69. The van der Waals surface area contributed by atoms with E-state index in [2.05, 4.69) is 10.4 Å². The van der Waals surface area contributed by atoms with Gasteiger partial charge in [-0.1, -0.05) is 18.2 Å². The molecule has 0 amide bonds. The zero-order valence-corrected chi connectivity index (χ0v) is 17.7. The lowest BCUT2D eigenvalue weighted by Gasteiger charge is -2.10. The van der Waals surface area contributed by atoms with Crippen LogP contribution in [-0.4, -0.2) is 40.2 Å². The fourth-order valence-corrected chi connectivity index (χ4v) is 3.37. The van der Waals surface area contributed by atoms with Crippen molar-refractivity contribution in [3.05, 3.63) is 72.7 Å². The van der Waals surface area contributed by atoms with Gasteiger partial charge in [0.25, 0.3) is 6.43 Å². The molecule has 2 aromatic carbocycles. The summed E-state index contributed by atoms with van der Waals surface area (Å²) in [5, 5.41) is 12.0. The molecule has 0 saturated carbocycles. The van der Waals surface area contributed by atoms with Crippen LogP contribution in [0.3, 0.4) is 0 Å². The van der Waals surface area contributed by atoms with Crippen LogP contribution in [0.4, 0.5) is 14.5 Å². The number of halogens is 2. The van der Waals surface area contributed by atoms with Crippen molar-refractivity contribution in [3.63, 3.8) is 0 Å². The number of alkyl halides is 2. The van der Waals surface area contributed by atoms with Gasteiger partial charge in [-0.3, -0.25) is 4.68 Å². The summed E-state index contributed by atoms with van der Waals surface area (Å²) in [5.41, 5.74) is 3.94. The minimum Gasteiger partial charge on any atom is -0.497 e. The molecule has 2 aromatic heterocycles.